The second-order valence-electron chi connectivity index (χ2n) is 8.22. The Morgan fingerprint density at radius 3 is 2.43 bits per heavy atom. The smallest absolute Gasteiger partial charge is 0.225 e. The molecule has 0 radical (unpaired) electrons. The van der Waals surface area contributed by atoms with Crippen LogP contribution in [0.15, 0.2) is 0 Å². The minimum absolute atomic E-state index is 0.138. The Morgan fingerprint density at radius 2 is 1.90 bits per heavy atom. The van der Waals surface area contributed by atoms with Crippen molar-refractivity contribution in [1.82, 2.24) is 10.2 Å². The van der Waals surface area contributed by atoms with E-state index >= 15 is 0 Å². The van der Waals surface area contributed by atoms with Crippen molar-refractivity contribution in [3.05, 3.63) is 0 Å². The van der Waals surface area contributed by atoms with Crippen LogP contribution in [0.4, 0.5) is 0 Å². The van der Waals surface area contributed by atoms with Gasteiger partial charge in [-0.25, -0.2) is 0 Å². The Labute approximate surface area is 129 Å². The first-order chi connectivity index (χ1) is 9.79. The monoisotopic (exact) mass is 296 g/mol. The van der Waals surface area contributed by atoms with E-state index in [-0.39, 0.29) is 24.0 Å². The molecule has 2 unspecified atom stereocenters. The number of carbonyl (C=O) groups excluding carboxylic acids is 1. The molecule has 4 heteroatoms. The molecule has 0 aromatic rings. The van der Waals surface area contributed by atoms with Gasteiger partial charge in [-0.15, -0.1) is 0 Å². The lowest BCUT2D eigenvalue weighted by molar-refractivity contribution is -0.130. The summed E-state index contributed by atoms with van der Waals surface area (Å²) in [5.41, 5.74) is -0.334. The first kappa shape index (κ1) is 16.8. The molecule has 0 aromatic heterocycles. The largest absolute Gasteiger partial charge is 0.396 e. The van der Waals surface area contributed by atoms with Gasteiger partial charge in [0.2, 0.25) is 5.91 Å². The van der Waals surface area contributed by atoms with E-state index in [0.717, 1.165) is 31.8 Å². The zero-order valence-corrected chi connectivity index (χ0v) is 14.1. The van der Waals surface area contributed by atoms with E-state index < -0.39 is 0 Å². The fourth-order valence-corrected chi connectivity index (χ4v) is 3.60. The van der Waals surface area contributed by atoms with Crippen LogP contribution in [0.3, 0.4) is 0 Å². The number of likely N-dealkylation sites (tertiary alicyclic amines) is 1. The van der Waals surface area contributed by atoms with Gasteiger partial charge in [0.1, 0.15) is 0 Å². The molecule has 1 aliphatic heterocycles. The van der Waals surface area contributed by atoms with Crippen LogP contribution in [-0.4, -0.2) is 47.7 Å². The van der Waals surface area contributed by atoms with Crippen LogP contribution in [0.1, 0.15) is 53.4 Å². The number of hydrogen-bond donors (Lipinski definition) is 2. The van der Waals surface area contributed by atoms with Crippen molar-refractivity contribution in [2.45, 2.75) is 65.5 Å². The number of piperidine rings is 1. The molecule has 1 saturated heterocycles. The van der Waals surface area contributed by atoms with E-state index in [0.29, 0.717) is 12.0 Å². The van der Waals surface area contributed by atoms with E-state index in [1.165, 1.54) is 12.8 Å². The van der Waals surface area contributed by atoms with Gasteiger partial charge in [0.05, 0.1) is 0 Å². The first-order valence-corrected chi connectivity index (χ1v) is 8.45. The molecule has 1 aliphatic carbocycles. The summed E-state index contributed by atoms with van der Waals surface area (Å²) in [5.74, 6) is 1.49. The number of carbonyl (C=O) groups is 1. The van der Waals surface area contributed by atoms with E-state index in [1.54, 1.807) is 0 Å². The molecular weight excluding hydrogens is 264 g/mol. The fraction of sp³-hybridized carbons (Fsp3) is 0.941. The van der Waals surface area contributed by atoms with Gasteiger partial charge in [0.25, 0.3) is 0 Å². The highest BCUT2D eigenvalue weighted by molar-refractivity contribution is 5.81. The number of aliphatic hydroxyl groups excluding tert-OH is 1. The predicted molar refractivity (Wildman–Crippen MR) is 85.0 cm³/mol. The van der Waals surface area contributed by atoms with Crippen LogP contribution in [0.2, 0.25) is 0 Å². The maximum atomic E-state index is 12.2. The number of rotatable bonds is 4. The van der Waals surface area contributed by atoms with Crippen molar-refractivity contribution in [1.29, 1.82) is 0 Å². The summed E-state index contributed by atoms with van der Waals surface area (Å²) in [5, 5.41) is 12.5. The van der Waals surface area contributed by atoms with Crippen molar-refractivity contribution >= 4 is 5.91 Å². The van der Waals surface area contributed by atoms with E-state index in [2.05, 4.69) is 17.1 Å². The summed E-state index contributed by atoms with van der Waals surface area (Å²) in [6.07, 6.45) is 4.42. The van der Waals surface area contributed by atoms with Gasteiger partial charge < -0.3 is 10.4 Å². The minimum Gasteiger partial charge on any atom is -0.396 e. The lowest BCUT2D eigenvalue weighted by Crippen LogP contribution is -2.57. The van der Waals surface area contributed by atoms with Crippen molar-refractivity contribution in [2.75, 3.05) is 19.7 Å². The lowest BCUT2D eigenvalue weighted by Gasteiger charge is -2.48. The van der Waals surface area contributed by atoms with Crippen molar-refractivity contribution in [3.63, 3.8) is 0 Å². The molecule has 2 fully saturated rings. The zero-order valence-electron chi connectivity index (χ0n) is 14.1. The third-order valence-electron chi connectivity index (χ3n) is 4.98. The molecule has 122 valence electrons. The SMILES string of the molecule is CC1CC(N2CC(CCO)CC(NC(=O)C(C)(C)C)C2)C1. The molecule has 1 saturated carbocycles. The molecule has 4 nitrogen and oxygen atoms in total. The molecule has 0 bridgehead atoms. The molecule has 2 aliphatic rings. The fourth-order valence-electron chi connectivity index (χ4n) is 3.60. The molecule has 2 rings (SSSR count). The molecule has 0 aromatic carbocycles. The van der Waals surface area contributed by atoms with Crippen LogP contribution in [0, 0.1) is 17.3 Å². The van der Waals surface area contributed by atoms with Crippen LogP contribution >= 0.6 is 0 Å². The van der Waals surface area contributed by atoms with Crippen LogP contribution in [-0.2, 0) is 4.79 Å². The molecule has 21 heavy (non-hydrogen) atoms. The maximum Gasteiger partial charge on any atom is 0.225 e. The third-order valence-corrected chi connectivity index (χ3v) is 4.98. The average molecular weight is 296 g/mol. The maximum absolute atomic E-state index is 12.2. The quantitative estimate of drug-likeness (QED) is 0.834. The van der Waals surface area contributed by atoms with Gasteiger partial charge in [-0.05, 0) is 37.5 Å². The number of amides is 1. The average Bonchev–Trinajstić information content (AvgIpc) is 2.34. The second-order valence-corrected chi connectivity index (χ2v) is 8.22. The highest BCUT2D eigenvalue weighted by Crippen LogP contribution is 2.34. The molecule has 2 N–H and O–H groups in total. The van der Waals surface area contributed by atoms with Crippen LogP contribution < -0.4 is 5.32 Å². The minimum atomic E-state index is -0.334. The summed E-state index contributed by atoms with van der Waals surface area (Å²) in [7, 11) is 0. The number of nitrogens with zero attached hydrogens (tertiary/aromatic N) is 1. The van der Waals surface area contributed by atoms with E-state index in [1.807, 2.05) is 20.8 Å². The number of aliphatic hydroxyl groups is 1. The molecule has 1 heterocycles. The van der Waals surface area contributed by atoms with Crippen LogP contribution in [0.5, 0.6) is 0 Å². The normalized spacial score (nSPS) is 34.3. The number of nitrogens with one attached hydrogen (secondary N) is 1. The highest BCUT2D eigenvalue weighted by atomic mass is 16.3. The molecule has 1 amide bonds. The Bertz CT molecular complexity index is 358. The van der Waals surface area contributed by atoms with Crippen molar-refractivity contribution in [3.8, 4) is 0 Å². The van der Waals surface area contributed by atoms with E-state index in [4.69, 9.17) is 0 Å². The summed E-state index contributed by atoms with van der Waals surface area (Å²) in [6.45, 7) is 10.5. The second kappa shape index (κ2) is 6.66. The highest BCUT2D eigenvalue weighted by Gasteiger charge is 2.37. The van der Waals surface area contributed by atoms with Gasteiger partial charge in [-0.1, -0.05) is 27.7 Å². The van der Waals surface area contributed by atoms with Gasteiger partial charge >= 0.3 is 0 Å². The predicted octanol–water partition coefficient (Wildman–Crippen LogP) is 2.02. The van der Waals surface area contributed by atoms with Gasteiger partial charge in [0, 0.05) is 37.2 Å². The molecule has 2 atom stereocenters. The van der Waals surface area contributed by atoms with Crippen molar-refractivity contribution in [2.24, 2.45) is 17.3 Å². The molecular formula is C17H32N2O2. The first-order valence-electron chi connectivity index (χ1n) is 8.45. The van der Waals surface area contributed by atoms with Crippen LogP contribution in [0.25, 0.3) is 0 Å². The molecule has 0 spiro atoms. The zero-order chi connectivity index (χ0) is 15.6. The summed E-state index contributed by atoms with van der Waals surface area (Å²) in [6, 6.07) is 0.925. The van der Waals surface area contributed by atoms with Gasteiger partial charge in [-0.3, -0.25) is 9.69 Å². The Kier molecular flexibility index (Phi) is 5.31. The Hall–Kier alpha value is -0.610. The summed E-state index contributed by atoms with van der Waals surface area (Å²) >= 11 is 0. The van der Waals surface area contributed by atoms with Crippen molar-refractivity contribution < 1.29 is 9.90 Å². The lowest BCUT2D eigenvalue weighted by atomic mass is 9.78. The topological polar surface area (TPSA) is 52.6 Å². The van der Waals surface area contributed by atoms with Gasteiger partial charge in [0.15, 0.2) is 0 Å². The standard InChI is InChI=1S/C17H32N2O2/c1-12-7-15(8-12)19-10-13(5-6-20)9-14(11-19)18-16(21)17(2,3)4/h12-15,20H,5-11H2,1-4H3,(H,18,21). The Morgan fingerprint density at radius 1 is 1.24 bits per heavy atom. The van der Waals surface area contributed by atoms with Gasteiger partial charge in [-0.2, -0.15) is 0 Å². The summed E-state index contributed by atoms with van der Waals surface area (Å²) < 4.78 is 0. The Balaban J connectivity index is 1.94. The third kappa shape index (κ3) is 4.43. The van der Waals surface area contributed by atoms with E-state index in [9.17, 15) is 9.90 Å². The summed E-state index contributed by atoms with van der Waals surface area (Å²) in [4.78, 5) is 14.8. The number of hydrogen-bond acceptors (Lipinski definition) is 3.